The summed E-state index contributed by atoms with van der Waals surface area (Å²) in [5.74, 6) is 0. The van der Waals surface area contributed by atoms with Crippen LogP contribution in [0.25, 0.3) is 5.57 Å². The van der Waals surface area contributed by atoms with Gasteiger partial charge in [-0.3, -0.25) is 9.98 Å². The highest BCUT2D eigenvalue weighted by molar-refractivity contribution is 6.12. The van der Waals surface area contributed by atoms with E-state index in [1.54, 1.807) is 17.3 Å². The van der Waals surface area contributed by atoms with E-state index < -0.39 is 0 Å². The summed E-state index contributed by atoms with van der Waals surface area (Å²) in [5, 5.41) is 0. The number of allylic oxidation sites excluding steroid dienone is 4. The number of piperazine rings is 1. The van der Waals surface area contributed by atoms with E-state index in [0.717, 1.165) is 41.3 Å². The molecule has 6 heteroatoms. The van der Waals surface area contributed by atoms with Gasteiger partial charge in [0.15, 0.2) is 0 Å². The van der Waals surface area contributed by atoms with Gasteiger partial charge in [-0.05, 0) is 39.8 Å². The number of carbonyl (C=O) groups is 1. The molecular weight excluding hydrogens is 352 g/mol. The smallest absolute Gasteiger partial charge is 0.409 e. The number of nitrogens with zero attached hydrogens (tertiary/aromatic N) is 4. The van der Waals surface area contributed by atoms with Crippen molar-refractivity contribution in [1.82, 2.24) is 14.8 Å². The zero-order chi connectivity index (χ0) is 20.5. The largest absolute Gasteiger partial charge is 0.450 e. The van der Waals surface area contributed by atoms with Crippen molar-refractivity contribution in [3.63, 3.8) is 0 Å². The summed E-state index contributed by atoms with van der Waals surface area (Å²) in [4.78, 5) is 25.0. The molecule has 28 heavy (non-hydrogen) atoms. The number of aliphatic imine (C=N–C) groups is 1. The fourth-order valence-corrected chi connectivity index (χ4v) is 3.39. The number of hydrogen-bond acceptors (Lipinski definition) is 5. The molecule has 0 spiro atoms. The monoisotopic (exact) mass is 382 g/mol. The first-order valence-electron chi connectivity index (χ1n) is 9.64. The molecule has 0 atom stereocenters. The van der Waals surface area contributed by atoms with Crippen molar-refractivity contribution in [2.24, 2.45) is 4.99 Å². The molecule has 1 aromatic heterocycles. The molecule has 2 rings (SSSR count). The first-order chi connectivity index (χ1) is 13.5. The van der Waals surface area contributed by atoms with Gasteiger partial charge in [0, 0.05) is 61.1 Å². The van der Waals surface area contributed by atoms with E-state index in [2.05, 4.69) is 34.5 Å². The van der Waals surface area contributed by atoms with Gasteiger partial charge in [-0.25, -0.2) is 4.79 Å². The van der Waals surface area contributed by atoms with Crippen LogP contribution in [-0.2, 0) is 4.74 Å². The van der Waals surface area contributed by atoms with Crippen LogP contribution >= 0.6 is 0 Å². The van der Waals surface area contributed by atoms with Crippen LogP contribution in [0.5, 0.6) is 0 Å². The molecular formula is C22H30N4O2. The second-order valence-electron chi connectivity index (χ2n) is 6.45. The zero-order valence-corrected chi connectivity index (χ0v) is 17.3. The number of pyridine rings is 1. The normalized spacial score (nSPS) is 16.6. The molecule has 1 aromatic rings. The Balaban J connectivity index is 2.35. The Morgan fingerprint density at radius 2 is 1.93 bits per heavy atom. The molecule has 0 bridgehead atoms. The molecule has 1 aliphatic heterocycles. The number of aromatic nitrogens is 1. The fourth-order valence-electron chi connectivity index (χ4n) is 3.39. The number of ether oxygens (including phenoxy) is 1. The number of rotatable bonds is 6. The second-order valence-corrected chi connectivity index (χ2v) is 6.45. The summed E-state index contributed by atoms with van der Waals surface area (Å²) < 4.78 is 5.12. The Morgan fingerprint density at radius 3 is 2.46 bits per heavy atom. The van der Waals surface area contributed by atoms with E-state index in [-0.39, 0.29) is 6.09 Å². The molecule has 6 nitrogen and oxygen atoms in total. The minimum Gasteiger partial charge on any atom is -0.450 e. The lowest BCUT2D eigenvalue weighted by Crippen LogP contribution is -2.48. The van der Waals surface area contributed by atoms with Crippen LogP contribution < -0.4 is 0 Å². The van der Waals surface area contributed by atoms with E-state index in [9.17, 15) is 4.79 Å². The molecule has 0 aromatic carbocycles. The van der Waals surface area contributed by atoms with Crippen LogP contribution in [0.3, 0.4) is 0 Å². The van der Waals surface area contributed by atoms with Crippen molar-refractivity contribution in [1.29, 1.82) is 0 Å². The standard InChI is InChI=1S/C22H30N4O2/c1-6-19(20-11-9-10-12-24-20)21(17(4)23-7-2)18(5)25-13-15-26(16-14-25)22(27)28-8-3/h6-7,9-12H,2,8,13-16H2,1,3-5H3/b19-6-,21-18-,23-17?. The maximum Gasteiger partial charge on any atom is 0.409 e. The lowest BCUT2D eigenvalue weighted by Gasteiger charge is -2.37. The molecule has 0 radical (unpaired) electrons. The summed E-state index contributed by atoms with van der Waals surface area (Å²) in [6.07, 6.45) is 5.19. The lowest BCUT2D eigenvalue weighted by molar-refractivity contribution is 0.0868. The molecule has 0 aliphatic carbocycles. The van der Waals surface area contributed by atoms with E-state index in [0.29, 0.717) is 19.7 Å². The van der Waals surface area contributed by atoms with Crippen LogP contribution in [0.4, 0.5) is 4.79 Å². The van der Waals surface area contributed by atoms with Crippen molar-refractivity contribution in [3.8, 4) is 0 Å². The highest BCUT2D eigenvalue weighted by Crippen LogP contribution is 2.28. The Hall–Kier alpha value is -2.89. The summed E-state index contributed by atoms with van der Waals surface area (Å²) in [6, 6.07) is 5.89. The maximum atomic E-state index is 12.0. The topological polar surface area (TPSA) is 58.0 Å². The van der Waals surface area contributed by atoms with Crippen LogP contribution in [0, 0.1) is 0 Å². The third kappa shape index (κ3) is 5.09. The van der Waals surface area contributed by atoms with Crippen molar-refractivity contribution in [2.75, 3.05) is 32.8 Å². The van der Waals surface area contributed by atoms with Crippen molar-refractivity contribution < 1.29 is 9.53 Å². The van der Waals surface area contributed by atoms with Crippen LogP contribution in [0.1, 0.15) is 33.4 Å². The van der Waals surface area contributed by atoms with Gasteiger partial charge in [-0.2, -0.15) is 0 Å². The average molecular weight is 383 g/mol. The Labute approximate surface area is 167 Å². The Kier molecular flexibility index (Phi) is 7.99. The van der Waals surface area contributed by atoms with Gasteiger partial charge in [0.1, 0.15) is 0 Å². The molecule has 1 aliphatic rings. The molecule has 1 amide bonds. The second kappa shape index (κ2) is 10.4. The molecule has 2 heterocycles. The summed E-state index contributed by atoms with van der Waals surface area (Å²) >= 11 is 0. The molecule has 0 unspecified atom stereocenters. The predicted octanol–water partition coefficient (Wildman–Crippen LogP) is 4.14. The van der Waals surface area contributed by atoms with Crippen LogP contribution in [0.15, 0.2) is 59.5 Å². The van der Waals surface area contributed by atoms with Crippen molar-refractivity contribution in [2.45, 2.75) is 27.7 Å². The minimum absolute atomic E-state index is 0.240. The Morgan fingerprint density at radius 1 is 1.25 bits per heavy atom. The number of carbonyl (C=O) groups excluding carboxylic acids is 1. The highest BCUT2D eigenvalue weighted by atomic mass is 16.6. The lowest BCUT2D eigenvalue weighted by atomic mass is 9.95. The minimum atomic E-state index is -0.240. The van der Waals surface area contributed by atoms with E-state index in [1.165, 1.54) is 0 Å². The molecule has 1 fully saturated rings. The first kappa shape index (κ1) is 21.4. The molecule has 150 valence electrons. The van der Waals surface area contributed by atoms with E-state index >= 15 is 0 Å². The third-order valence-corrected chi connectivity index (χ3v) is 4.79. The molecule has 0 saturated carbocycles. The zero-order valence-electron chi connectivity index (χ0n) is 17.3. The summed E-state index contributed by atoms with van der Waals surface area (Å²) in [7, 11) is 0. The maximum absolute atomic E-state index is 12.0. The summed E-state index contributed by atoms with van der Waals surface area (Å²) in [6.45, 7) is 14.8. The van der Waals surface area contributed by atoms with Crippen molar-refractivity contribution >= 4 is 17.4 Å². The summed E-state index contributed by atoms with van der Waals surface area (Å²) in [5.41, 5.74) is 4.99. The molecule has 0 N–H and O–H groups in total. The van der Waals surface area contributed by atoms with Gasteiger partial charge in [0.05, 0.1) is 12.3 Å². The Bertz CT molecular complexity index is 773. The number of hydrogen-bond donors (Lipinski definition) is 0. The van der Waals surface area contributed by atoms with Crippen LogP contribution in [-0.4, -0.2) is 59.4 Å². The SMILES string of the molecule is C=CN=C(C)C(/C(=C\C)c1ccccn1)=C(\C)N1CCN(C(=O)OCC)CC1. The molecule has 1 saturated heterocycles. The fraction of sp³-hybridized carbons (Fsp3) is 0.409. The predicted molar refractivity (Wildman–Crippen MR) is 114 cm³/mol. The van der Waals surface area contributed by atoms with Crippen molar-refractivity contribution in [3.05, 3.63) is 60.2 Å². The van der Waals surface area contributed by atoms with E-state index in [1.807, 2.05) is 39.0 Å². The third-order valence-electron chi connectivity index (χ3n) is 4.79. The quantitative estimate of drug-likeness (QED) is 0.548. The van der Waals surface area contributed by atoms with E-state index in [4.69, 9.17) is 4.74 Å². The van der Waals surface area contributed by atoms with Gasteiger partial charge < -0.3 is 14.5 Å². The van der Waals surface area contributed by atoms with Crippen LogP contribution in [0.2, 0.25) is 0 Å². The van der Waals surface area contributed by atoms with Gasteiger partial charge in [-0.1, -0.05) is 18.7 Å². The van der Waals surface area contributed by atoms with Gasteiger partial charge in [0.25, 0.3) is 0 Å². The number of amides is 1. The average Bonchev–Trinajstić information content (AvgIpc) is 2.72. The van der Waals surface area contributed by atoms with Gasteiger partial charge in [0.2, 0.25) is 0 Å². The van der Waals surface area contributed by atoms with Gasteiger partial charge >= 0.3 is 6.09 Å². The van der Waals surface area contributed by atoms with Gasteiger partial charge in [-0.15, -0.1) is 0 Å². The highest BCUT2D eigenvalue weighted by Gasteiger charge is 2.25. The first-order valence-corrected chi connectivity index (χ1v) is 9.64.